The Hall–Kier alpha value is -2.17. The maximum atomic E-state index is 12.9. The van der Waals surface area contributed by atoms with E-state index in [-0.39, 0.29) is 17.9 Å². The summed E-state index contributed by atoms with van der Waals surface area (Å²) in [6.45, 7) is 3.56. The summed E-state index contributed by atoms with van der Waals surface area (Å²) >= 11 is 0. The van der Waals surface area contributed by atoms with Gasteiger partial charge in [0.2, 0.25) is 5.91 Å². The Morgan fingerprint density at radius 3 is 2.17 bits per heavy atom. The molecule has 4 heteroatoms. The number of carbonyl (C=O) groups excluding carboxylic acids is 1. The van der Waals surface area contributed by atoms with Gasteiger partial charge in [0.15, 0.2) is 0 Å². The van der Waals surface area contributed by atoms with E-state index in [1.807, 2.05) is 60.4 Å². The van der Waals surface area contributed by atoms with Gasteiger partial charge in [-0.2, -0.15) is 0 Å². The first-order valence-electron chi connectivity index (χ1n) is 8.46. The predicted octanol–water partition coefficient (Wildman–Crippen LogP) is 2.35. The summed E-state index contributed by atoms with van der Waals surface area (Å²) in [5.41, 5.74) is 14.2. The second-order valence-corrected chi connectivity index (χ2v) is 6.07. The molecule has 24 heavy (non-hydrogen) atoms. The molecule has 0 aliphatic carbocycles. The van der Waals surface area contributed by atoms with E-state index in [4.69, 9.17) is 11.5 Å². The number of benzene rings is 2. The molecule has 2 rings (SSSR count). The van der Waals surface area contributed by atoms with E-state index in [1.54, 1.807) is 0 Å². The van der Waals surface area contributed by atoms with Crippen LogP contribution in [0.25, 0.3) is 0 Å². The van der Waals surface area contributed by atoms with Crippen LogP contribution in [0.15, 0.2) is 60.7 Å². The van der Waals surface area contributed by atoms with Gasteiger partial charge < -0.3 is 16.4 Å². The lowest BCUT2D eigenvalue weighted by Crippen LogP contribution is -2.42. The molecule has 0 fully saturated rings. The van der Waals surface area contributed by atoms with Gasteiger partial charge in [0.25, 0.3) is 0 Å². The minimum Gasteiger partial charge on any atom is -0.341 e. The maximum Gasteiger partial charge on any atom is 0.227 e. The van der Waals surface area contributed by atoms with Gasteiger partial charge in [-0.1, -0.05) is 67.6 Å². The van der Waals surface area contributed by atoms with Crippen LogP contribution in [0.1, 0.15) is 24.1 Å². The molecule has 0 saturated heterocycles. The molecule has 0 saturated carbocycles. The molecule has 4 N–H and O–H groups in total. The van der Waals surface area contributed by atoms with Crippen LogP contribution in [0, 0.1) is 5.92 Å². The van der Waals surface area contributed by atoms with Crippen molar-refractivity contribution in [2.75, 3.05) is 19.6 Å². The Labute approximate surface area is 144 Å². The fourth-order valence-corrected chi connectivity index (χ4v) is 2.80. The molecule has 0 spiro atoms. The van der Waals surface area contributed by atoms with Crippen molar-refractivity contribution >= 4 is 5.91 Å². The van der Waals surface area contributed by atoms with Crippen LogP contribution >= 0.6 is 0 Å². The van der Waals surface area contributed by atoms with E-state index in [0.717, 1.165) is 12.0 Å². The maximum absolute atomic E-state index is 12.9. The second-order valence-electron chi connectivity index (χ2n) is 6.07. The van der Waals surface area contributed by atoms with Crippen molar-refractivity contribution < 1.29 is 4.79 Å². The van der Waals surface area contributed by atoms with E-state index >= 15 is 0 Å². The summed E-state index contributed by atoms with van der Waals surface area (Å²) in [6, 6.07) is 19.6. The summed E-state index contributed by atoms with van der Waals surface area (Å²) in [5, 5.41) is 0. The van der Waals surface area contributed by atoms with Gasteiger partial charge in [0, 0.05) is 25.7 Å². The third-order valence-electron chi connectivity index (χ3n) is 4.34. The zero-order valence-electron chi connectivity index (χ0n) is 14.3. The molecular weight excluding hydrogens is 298 g/mol. The zero-order valence-corrected chi connectivity index (χ0v) is 14.3. The fraction of sp³-hybridized carbons (Fsp3) is 0.350. The average molecular weight is 325 g/mol. The Balaban J connectivity index is 2.01. The molecule has 0 heterocycles. The van der Waals surface area contributed by atoms with Crippen molar-refractivity contribution in [1.29, 1.82) is 0 Å². The lowest BCUT2D eigenvalue weighted by molar-refractivity contribution is -0.135. The van der Waals surface area contributed by atoms with Gasteiger partial charge in [-0.25, -0.2) is 0 Å². The van der Waals surface area contributed by atoms with E-state index in [9.17, 15) is 4.79 Å². The first kappa shape index (κ1) is 18.2. The first-order chi connectivity index (χ1) is 11.6. The number of hydrogen-bond donors (Lipinski definition) is 2. The van der Waals surface area contributed by atoms with Crippen molar-refractivity contribution in [1.82, 2.24) is 4.90 Å². The number of amides is 1. The van der Waals surface area contributed by atoms with Gasteiger partial charge in [0.05, 0.1) is 5.92 Å². The molecule has 4 nitrogen and oxygen atoms in total. The summed E-state index contributed by atoms with van der Waals surface area (Å²) in [5.74, 6) is -0.220. The quantitative estimate of drug-likeness (QED) is 0.782. The van der Waals surface area contributed by atoms with Crippen LogP contribution in [-0.2, 0) is 11.2 Å². The van der Waals surface area contributed by atoms with Crippen LogP contribution in [0.3, 0.4) is 0 Å². The number of nitrogens with two attached hydrogens (primary N) is 2. The van der Waals surface area contributed by atoms with Crippen molar-refractivity contribution in [3.05, 3.63) is 71.8 Å². The van der Waals surface area contributed by atoms with E-state index in [0.29, 0.717) is 19.6 Å². The van der Waals surface area contributed by atoms with E-state index < -0.39 is 0 Å². The standard InChI is InChI=1S/C20H27N3O/c1-16(19(22)18-10-6-3-7-11-18)20(24)23(15-13-21)14-12-17-8-4-2-5-9-17/h2-11,16,19H,12-15,21-22H2,1H3. The molecule has 2 unspecified atom stereocenters. The molecule has 128 valence electrons. The van der Waals surface area contributed by atoms with Crippen LogP contribution in [-0.4, -0.2) is 30.4 Å². The van der Waals surface area contributed by atoms with Crippen LogP contribution in [0.2, 0.25) is 0 Å². The molecule has 0 radical (unpaired) electrons. The summed E-state index contributed by atoms with van der Waals surface area (Å²) in [6.07, 6.45) is 0.819. The SMILES string of the molecule is CC(C(=O)N(CCN)CCc1ccccc1)C(N)c1ccccc1. The molecule has 2 atom stereocenters. The van der Waals surface area contributed by atoms with Gasteiger partial charge >= 0.3 is 0 Å². The lowest BCUT2D eigenvalue weighted by atomic mass is 9.94. The highest BCUT2D eigenvalue weighted by Crippen LogP contribution is 2.21. The highest BCUT2D eigenvalue weighted by atomic mass is 16.2. The Morgan fingerprint density at radius 2 is 1.58 bits per heavy atom. The molecule has 0 aromatic heterocycles. The van der Waals surface area contributed by atoms with Crippen LogP contribution in [0.5, 0.6) is 0 Å². The smallest absolute Gasteiger partial charge is 0.227 e. The summed E-state index contributed by atoms with van der Waals surface area (Å²) in [4.78, 5) is 14.7. The van der Waals surface area contributed by atoms with Gasteiger partial charge in [-0.3, -0.25) is 4.79 Å². The minimum atomic E-state index is -0.310. The van der Waals surface area contributed by atoms with Crippen molar-refractivity contribution in [3.8, 4) is 0 Å². The Kier molecular flexibility index (Phi) is 6.97. The van der Waals surface area contributed by atoms with Crippen molar-refractivity contribution in [2.45, 2.75) is 19.4 Å². The molecule has 0 aliphatic rings. The largest absolute Gasteiger partial charge is 0.341 e. The summed E-state index contributed by atoms with van der Waals surface area (Å²) in [7, 11) is 0. The molecule has 0 bridgehead atoms. The van der Waals surface area contributed by atoms with E-state index in [1.165, 1.54) is 5.56 Å². The van der Waals surface area contributed by atoms with Gasteiger partial charge in [0.1, 0.15) is 0 Å². The Bertz CT molecular complexity index is 615. The van der Waals surface area contributed by atoms with Crippen molar-refractivity contribution in [2.24, 2.45) is 17.4 Å². The zero-order chi connectivity index (χ0) is 17.4. The molecule has 2 aromatic rings. The topological polar surface area (TPSA) is 72.3 Å². The Morgan fingerprint density at radius 1 is 1.00 bits per heavy atom. The normalized spacial score (nSPS) is 13.3. The fourth-order valence-electron chi connectivity index (χ4n) is 2.80. The van der Waals surface area contributed by atoms with Gasteiger partial charge in [-0.15, -0.1) is 0 Å². The lowest BCUT2D eigenvalue weighted by Gasteiger charge is -2.28. The molecule has 0 aliphatic heterocycles. The molecule has 1 amide bonds. The molecule has 2 aromatic carbocycles. The van der Waals surface area contributed by atoms with Crippen LogP contribution in [0.4, 0.5) is 0 Å². The number of carbonyl (C=O) groups is 1. The highest BCUT2D eigenvalue weighted by molar-refractivity contribution is 5.79. The second kappa shape index (κ2) is 9.21. The highest BCUT2D eigenvalue weighted by Gasteiger charge is 2.26. The number of nitrogens with zero attached hydrogens (tertiary/aromatic N) is 1. The number of rotatable bonds is 8. The first-order valence-corrected chi connectivity index (χ1v) is 8.46. The third-order valence-corrected chi connectivity index (χ3v) is 4.34. The third kappa shape index (κ3) is 4.91. The average Bonchev–Trinajstić information content (AvgIpc) is 2.65. The van der Waals surface area contributed by atoms with Crippen LogP contribution < -0.4 is 11.5 Å². The van der Waals surface area contributed by atoms with Crippen molar-refractivity contribution in [3.63, 3.8) is 0 Å². The number of hydrogen-bond acceptors (Lipinski definition) is 3. The van der Waals surface area contributed by atoms with E-state index in [2.05, 4.69) is 12.1 Å². The monoisotopic (exact) mass is 325 g/mol. The minimum absolute atomic E-state index is 0.0627. The molecular formula is C20H27N3O. The van der Waals surface area contributed by atoms with Gasteiger partial charge in [-0.05, 0) is 17.5 Å². The summed E-state index contributed by atoms with van der Waals surface area (Å²) < 4.78 is 0. The predicted molar refractivity (Wildman–Crippen MR) is 98.3 cm³/mol.